The fraction of sp³-hybridized carbons (Fsp3) is 0.462. The van der Waals surface area contributed by atoms with Crippen LogP contribution in [-0.2, 0) is 16.1 Å². The third kappa shape index (κ3) is 6.59. The second-order valence-electron chi connectivity index (χ2n) is 4.89. The summed E-state index contributed by atoms with van der Waals surface area (Å²) >= 11 is 0. The number of nitrogens with two attached hydrogens (primary N) is 2. The van der Waals surface area contributed by atoms with Gasteiger partial charge in [0, 0.05) is 5.54 Å². The normalized spacial score (nSPS) is 12.4. The summed E-state index contributed by atoms with van der Waals surface area (Å²) < 4.78 is 5.12. The van der Waals surface area contributed by atoms with Gasteiger partial charge in [0.1, 0.15) is 12.6 Å². The van der Waals surface area contributed by atoms with Crippen molar-refractivity contribution in [2.75, 3.05) is 0 Å². The topological polar surface area (TPSA) is 78.3 Å². The van der Waals surface area contributed by atoms with E-state index in [1.165, 1.54) is 0 Å². The SMILES string of the molecule is CC(C)(N)CC(N)C(=O)OCc1ccccc1.Cl. The van der Waals surface area contributed by atoms with Gasteiger partial charge in [-0.15, -0.1) is 12.4 Å². The van der Waals surface area contributed by atoms with Gasteiger partial charge in [0.15, 0.2) is 0 Å². The van der Waals surface area contributed by atoms with E-state index in [1.807, 2.05) is 44.2 Å². The molecule has 1 aromatic rings. The van der Waals surface area contributed by atoms with Crippen LogP contribution in [0.15, 0.2) is 30.3 Å². The second-order valence-corrected chi connectivity index (χ2v) is 4.89. The molecule has 5 heteroatoms. The van der Waals surface area contributed by atoms with E-state index in [9.17, 15) is 4.79 Å². The number of carbonyl (C=O) groups excluding carboxylic acids is 1. The Balaban J connectivity index is 0.00000289. The van der Waals surface area contributed by atoms with Crippen molar-refractivity contribution in [1.29, 1.82) is 0 Å². The van der Waals surface area contributed by atoms with Crippen molar-refractivity contribution in [2.45, 2.75) is 38.5 Å². The van der Waals surface area contributed by atoms with Gasteiger partial charge in [0.2, 0.25) is 0 Å². The van der Waals surface area contributed by atoms with E-state index in [4.69, 9.17) is 16.2 Å². The Morgan fingerprint density at radius 2 is 1.89 bits per heavy atom. The molecule has 0 aliphatic heterocycles. The molecule has 1 rings (SSSR count). The predicted octanol–water partition coefficient (Wildman–Crippen LogP) is 1.61. The van der Waals surface area contributed by atoms with Gasteiger partial charge in [-0.1, -0.05) is 30.3 Å². The molecule has 0 aliphatic rings. The van der Waals surface area contributed by atoms with Crippen LogP contribution in [0.25, 0.3) is 0 Å². The first-order valence-electron chi connectivity index (χ1n) is 5.63. The van der Waals surface area contributed by atoms with Crippen LogP contribution in [0.4, 0.5) is 0 Å². The molecule has 0 heterocycles. The third-order valence-corrected chi connectivity index (χ3v) is 2.27. The maximum atomic E-state index is 11.6. The molecular weight excluding hydrogens is 252 g/mol. The van der Waals surface area contributed by atoms with E-state index in [1.54, 1.807) is 0 Å². The second kappa shape index (κ2) is 7.36. The summed E-state index contributed by atoms with van der Waals surface area (Å²) in [5.41, 5.74) is 12.0. The number of hydrogen-bond acceptors (Lipinski definition) is 4. The molecular formula is C13H21ClN2O2. The monoisotopic (exact) mass is 272 g/mol. The van der Waals surface area contributed by atoms with Crippen molar-refractivity contribution in [3.8, 4) is 0 Å². The summed E-state index contributed by atoms with van der Waals surface area (Å²) in [6.45, 7) is 3.91. The lowest BCUT2D eigenvalue weighted by Crippen LogP contribution is -2.43. The van der Waals surface area contributed by atoms with Gasteiger partial charge < -0.3 is 16.2 Å². The average Bonchev–Trinajstić information content (AvgIpc) is 2.25. The summed E-state index contributed by atoms with van der Waals surface area (Å²) in [4.78, 5) is 11.6. The highest BCUT2D eigenvalue weighted by Crippen LogP contribution is 2.08. The van der Waals surface area contributed by atoms with Crippen molar-refractivity contribution in [3.05, 3.63) is 35.9 Å². The van der Waals surface area contributed by atoms with Gasteiger partial charge in [-0.25, -0.2) is 0 Å². The molecule has 0 fully saturated rings. The van der Waals surface area contributed by atoms with Crippen LogP contribution < -0.4 is 11.5 Å². The molecule has 0 saturated carbocycles. The first kappa shape index (κ1) is 16.9. The van der Waals surface area contributed by atoms with Crippen LogP contribution in [-0.4, -0.2) is 17.6 Å². The number of hydrogen-bond donors (Lipinski definition) is 2. The lowest BCUT2D eigenvalue weighted by atomic mass is 9.97. The number of esters is 1. The van der Waals surface area contributed by atoms with Crippen LogP contribution in [0.1, 0.15) is 25.8 Å². The molecule has 0 amide bonds. The van der Waals surface area contributed by atoms with Crippen molar-refractivity contribution in [2.24, 2.45) is 11.5 Å². The lowest BCUT2D eigenvalue weighted by molar-refractivity contribution is -0.147. The van der Waals surface area contributed by atoms with Gasteiger partial charge in [-0.3, -0.25) is 4.79 Å². The van der Waals surface area contributed by atoms with Gasteiger partial charge in [-0.2, -0.15) is 0 Å². The maximum Gasteiger partial charge on any atom is 0.323 e. The van der Waals surface area contributed by atoms with E-state index in [0.29, 0.717) is 6.42 Å². The number of rotatable bonds is 5. The van der Waals surface area contributed by atoms with E-state index >= 15 is 0 Å². The molecule has 1 atom stereocenters. The molecule has 4 nitrogen and oxygen atoms in total. The first-order valence-corrected chi connectivity index (χ1v) is 5.63. The minimum absolute atomic E-state index is 0. The van der Waals surface area contributed by atoms with Crippen molar-refractivity contribution < 1.29 is 9.53 Å². The molecule has 102 valence electrons. The fourth-order valence-electron chi connectivity index (χ4n) is 1.49. The van der Waals surface area contributed by atoms with Gasteiger partial charge in [0.25, 0.3) is 0 Å². The molecule has 0 aromatic heterocycles. The zero-order valence-corrected chi connectivity index (χ0v) is 11.6. The minimum atomic E-state index is -0.668. The standard InChI is InChI=1S/C13H20N2O2.ClH/c1-13(2,15)8-11(14)12(16)17-9-10-6-4-3-5-7-10;/h3-7,11H,8-9,14-15H2,1-2H3;1H. The molecule has 0 aliphatic carbocycles. The van der Waals surface area contributed by atoms with Gasteiger partial charge in [0.05, 0.1) is 0 Å². The Kier molecular flexibility index (Phi) is 6.91. The van der Waals surface area contributed by atoms with Crippen LogP contribution in [0.2, 0.25) is 0 Å². The molecule has 1 aromatic carbocycles. The maximum absolute atomic E-state index is 11.6. The Hall–Kier alpha value is -1.10. The molecule has 0 radical (unpaired) electrons. The number of benzene rings is 1. The smallest absolute Gasteiger partial charge is 0.323 e. The Morgan fingerprint density at radius 3 is 2.39 bits per heavy atom. The number of ether oxygens (including phenoxy) is 1. The zero-order valence-electron chi connectivity index (χ0n) is 10.8. The first-order chi connectivity index (χ1) is 7.88. The molecule has 0 saturated heterocycles. The van der Waals surface area contributed by atoms with E-state index in [-0.39, 0.29) is 19.0 Å². The summed E-state index contributed by atoms with van der Waals surface area (Å²) in [5.74, 6) is -0.410. The average molecular weight is 273 g/mol. The molecule has 18 heavy (non-hydrogen) atoms. The van der Waals surface area contributed by atoms with Crippen molar-refractivity contribution >= 4 is 18.4 Å². The highest BCUT2D eigenvalue weighted by Gasteiger charge is 2.22. The summed E-state index contributed by atoms with van der Waals surface area (Å²) in [7, 11) is 0. The number of carbonyl (C=O) groups is 1. The van der Waals surface area contributed by atoms with E-state index in [2.05, 4.69) is 0 Å². The third-order valence-electron chi connectivity index (χ3n) is 2.27. The summed E-state index contributed by atoms with van der Waals surface area (Å²) in [5, 5.41) is 0. The van der Waals surface area contributed by atoms with E-state index < -0.39 is 17.6 Å². The van der Waals surface area contributed by atoms with Crippen LogP contribution in [0, 0.1) is 0 Å². The fourth-order valence-corrected chi connectivity index (χ4v) is 1.49. The van der Waals surface area contributed by atoms with Crippen LogP contribution in [0.5, 0.6) is 0 Å². The molecule has 0 spiro atoms. The lowest BCUT2D eigenvalue weighted by Gasteiger charge is -2.21. The number of halogens is 1. The largest absolute Gasteiger partial charge is 0.460 e. The van der Waals surface area contributed by atoms with Gasteiger partial charge in [-0.05, 0) is 25.8 Å². The predicted molar refractivity (Wildman–Crippen MR) is 74.3 cm³/mol. The highest BCUT2D eigenvalue weighted by molar-refractivity contribution is 5.85. The zero-order chi connectivity index (χ0) is 12.9. The van der Waals surface area contributed by atoms with Crippen molar-refractivity contribution in [1.82, 2.24) is 0 Å². The molecule has 1 unspecified atom stereocenters. The highest BCUT2D eigenvalue weighted by atomic mass is 35.5. The molecule has 4 N–H and O–H groups in total. The van der Waals surface area contributed by atoms with Crippen LogP contribution in [0.3, 0.4) is 0 Å². The van der Waals surface area contributed by atoms with E-state index in [0.717, 1.165) is 5.56 Å². The molecule has 0 bridgehead atoms. The Bertz CT molecular complexity index is 363. The van der Waals surface area contributed by atoms with Gasteiger partial charge >= 0.3 is 5.97 Å². The Labute approximate surface area is 114 Å². The Morgan fingerprint density at radius 1 is 1.33 bits per heavy atom. The summed E-state index contributed by atoms with van der Waals surface area (Å²) in [6, 6.07) is 8.82. The summed E-state index contributed by atoms with van der Waals surface area (Å²) in [6.07, 6.45) is 0.403. The minimum Gasteiger partial charge on any atom is -0.460 e. The quantitative estimate of drug-likeness (QED) is 0.798. The van der Waals surface area contributed by atoms with Crippen LogP contribution >= 0.6 is 12.4 Å². The van der Waals surface area contributed by atoms with Crippen molar-refractivity contribution in [3.63, 3.8) is 0 Å².